The second-order valence-corrected chi connectivity index (χ2v) is 9.08. The zero-order valence-electron chi connectivity index (χ0n) is 18.9. The van der Waals surface area contributed by atoms with Crippen LogP contribution in [0.5, 0.6) is 0 Å². The van der Waals surface area contributed by atoms with Crippen molar-refractivity contribution in [1.82, 2.24) is 15.0 Å². The molecule has 31 heavy (non-hydrogen) atoms. The Labute approximate surface area is 183 Å². The van der Waals surface area contributed by atoms with Crippen molar-refractivity contribution in [2.75, 3.05) is 13.1 Å². The lowest BCUT2D eigenvalue weighted by atomic mass is 9.71. The molecule has 1 aromatic heterocycles. The van der Waals surface area contributed by atoms with Crippen LogP contribution in [0.4, 0.5) is 0 Å². The van der Waals surface area contributed by atoms with E-state index in [1.807, 2.05) is 13.8 Å². The molecule has 0 aromatic carbocycles. The molecule has 8 heteroatoms. The van der Waals surface area contributed by atoms with E-state index in [4.69, 9.17) is 14.4 Å². The highest BCUT2D eigenvalue weighted by molar-refractivity contribution is 5.79. The first kappa shape index (κ1) is 23.3. The number of nitrogens with zero attached hydrogens (tertiary/aromatic N) is 3. The van der Waals surface area contributed by atoms with Gasteiger partial charge >= 0.3 is 0 Å². The van der Waals surface area contributed by atoms with Gasteiger partial charge in [0, 0.05) is 43.6 Å². The van der Waals surface area contributed by atoms with E-state index in [1.165, 1.54) is 6.42 Å². The number of aromatic nitrogens is 1. The Morgan fingerprint density at radius 3 is 2.65 bits per heavy atom. The Morgan fingerprint density at radius 2 is 2.00 bits per heavy atom. The standard InChI is InChI=1S/C22H33N3O3.CH2O2/c1-4-6-19-16-11-17(20-7-5-8-22(27)25(19)20)13-24(12-16)21(26)10-9-18-14(2)23-28-15(18)3;2-1-3/h16-17,19-20H,4-13H2,1-3H3;1H,(H,2,3)/t16-,17+,19-,20-;/m0./s1. The van der Waals surface area contributed by atoms with Crippen molar-refractivity contribution in [2.24, 2.45) is 11.8 Å². The van der Waals surface area contributed by atoms with E-state index >= 15 is 0 Å². The number of carbonyl (C=O) groups excluding carboxylic acids is 2. The fraction of sp³-hybridized carbons (Fsp3) is 0.739. The number of rotatable bonds is 5. The SMILES string of the molecule is CCC[C@H]1[C@H]2C[C@H](CN(C(=O)CCc3c(C)noc3C)C2)[C@@H]2CCCC(=O)N21.O=CO. The Morgan fingerprint density at radius 1 is 1.29 bits per heavy atom. The lowest BCUT2D eigenvalue weighted by molar-refractivity contribution is -0.156. The first-order chi connectivity index (χ1) is 14.9. The van der Waals surface area contributed by atoms with E-state index in [1.54, 1.807) is 0 Å². The van der Waals surface area contributed by atoms with Crippen LogP contribution < -0.4 is 0 Å². The van der Waals surface area contributed by atoms with E-state index in [0.717, 1.165) is 55.8 Å². The fourth-order valence-electron chi connectivity index (χ4n) is 5.90. The summed E-state index contributed by atoms with van der Waals surface area (Å²) in [7, 11) is 0. The Kier molecular flexibility index (Phi) is 7.73. The van der Waals surface area contributed by atoms with Gasteiger partial charge in [-0.05, 0) is 57.8 Å². The summed E-state index contributed by atoms with van der Waals surface area (Å²) in [5.74, 6) is 2.28. The summed E-state index contributed by atoms with van der Waals surface area (Å²) in [5.41, 5.74) is 1.96. The summed E-state index contributed by atoms with van der Waals surface area (Å²) in [4.78, 5) is 38.4. The average molecular weight is 434 g/mol. The first-order valence-corrected chi connectivity index (χ1v) is 11.5. The number of carboxylic acid groups (broad SMARTS) is 1. The Hall–Kier alpha value is -2.38. The highest BCUT2D eigenvalue weighted by Crippen LogP contribution is 2.43. The number of piperidine rings is 3. The molecule has 8 nitrogen and oxygen atoms in total. The van der Waals surface area contributed by atoms with Gasteiger partial charge < -0.3 is 19.4 Å². The van der Waals surface area contributed by atoms with Crippen molar-refractivity contribution < 1.29 is 24.0 Å². The molecular weight excluding hydrogens is 398 g/mol. The van der Waals surface area contributed by atoms with Gasteiger partial charge in [0.25, 0.3) is 6.47 Å². The summed E-state index contributed by atoms with van der Waals surface area (Å²) < 4.78 is 5.23. The van der Waals surface area contributed by atoms with E-state index in [9.17, 15) is 9.59 Å². The molecule has 4 rings (SSSR count). The van der Waals surface area contributed by atoms with Crippen LogP contribution in [-0.4, -0.2) is 63.5 Å². The Balaban J connectivity index is 0.000000858. The van der Waals surface area contributed by atoms with Crippen molar-refractivity contribution in [3.05, 3.63) is 17.0 Å². The van der Waals surface area contributed by atoms with Gasteiger partial charge in [0.05, 0.1) is 5.69 Å². The van der Waals surface area contributed by atoms with Crippen LogP contribution in [0.3, 0.4) is 0 Å². The molecule has 4 heterocycles. The predicted molar refractivity (Wildman–Crippen MR) is 114 cm³/mol. The molecule has 2 amide bonds. The number of aryl methyl sites for hydroxylation is 2. The van der Waals surface area contributed by atoms with Crippen LogP contribution in [0, 0.1) is 25.7 Å². The molecule has 2 bridgehead atoms. The van der Waals surface area contributed by atoms with E-state index in [0.29, 0.717) is 49.1 Å². The van der Waals surface area contributed by atoms with Gasteiger partial charge in [0.1, 0.15) is 5.76 Å². The first-order valence-electron chi connectivity index (χ1n) is 11.5. The molecule has 4 atom stereocenters. The normalized spacial score (nSPS) is 27.3. The van der Waals surface area contributed by atoms with Crippen LogP contribution in [-0.2, 0) is 20.8 Å². The highest BCUT2D eigenvalue weighted by Gasteiger charge is 2.49. The number of likely N-dealkylation sites (tertiary alicyclic amines) is 1. The van der Waals surface area contributed by atoms with Gasteiger partial charge in [-0.3, -0.25) is 14.4 Å². The molecule has 0 aliphatic carbocycles. The maximum Gasteiger partial charge on any atom is 0.290 e. The topological polar surface area (TPSA) is 104 Å². The zero-order chi connectivity index (χ0) is 22.5. The van der Waals surface area contributed by atoms with Crippen molar-refractivity contribution in [2.45, 2.75) is 84.2 Å². The van der Waals surface area contributed by atoms with Gasteiger partial charge in [-0.25, -0.2) is 0 Å². The molecule has 0 radical (unpaired) electrons. The molecule has 0 spiro atoms. The number of hydrogen-bond acceptors (Lipinski definition) is 5. The minimum absolute atomic E-state index is 0.237. The van der Waals surface area contributed by atoms with Crippen LogP contribution in [0.25, 0.3) is 0 Å². The maximum absolute atomic E-state index is 13.0. The molecule has 3 aliphatic heterocycles. The van der Waals surface area contributed by atoms with E-state index in [2.05, 4.69) is 21.9 Å². The summed E-state index contributed by atoms with van der Waals surface area (Å²) in [5, 5.41) is 10.9. The second-order valence-electron chi connectivity index (χ2n) is 9.08. The van der Waals surface area contributed by atoms with Crippen molar-refractivity contribution in [3.63, 3.8) is 0 Å². The van der Waals surface area contributed by atoms with Crippen molar-refractivity contribution >= 4 is 18.3 Å². The summed E-state index contributed by atoms with van der Waals surface area (Å²) in [6, 6.07) is 0.657. The summed E-state index contributed by atoms with van der Waals surface area (Å²) in [6.07, 6.45) is 7.32. The third kappa shape index (κ3) is 4.93. The average Bonchev–Trinajstić information content (AvgIpc) is 3.07. The second kappa shape index (κ2) is 10.3. The van der Waals surface area contributed by atoms with Crippen LogP contribution in [0.2, 0.25) is 0 Å². The lowest BCUT2D eigenvalue weighted by Crippen LogP contribution is -2.65. The largest absolute Gasteiger partial charge is 0.483 e. The quantitative estimate of drug-likeness (QED) is 0.716. The molecule has 3 saturated heterocycles. The monoisotopic (exact) mass is 433 g/mol. The smallest absolute Gasteiger partial charge is 0.290 e. The van der Waals surface area contributed by atoms with Gasteiger partial charge in [0.2, 0.25) is 11.8 Å². The predicted octanol–water partition coefficient (Wildman–Crippen LogP) is 2.95. The van der Waals surface area contributed by atoms with Crippen LogP contribution >= 0.6 is 0 Å². The lowest BCUT2D eigenvalue weighted by Gasteiger charge is -2.56. The molecular formula is C23H35N3O5. The van der Waals surface area contributed by atoms with Gasteiger partial charge in [-0.1, -0.05) is 18.5 Å². The maximum atomic E-state index is 13.0. The van der Waals surface area contributed by atoms with Crippen LogP contribution in [0.1, 0.15) is 68.9 Å². The third-order valence-corrected chi connectivity index (χ3v) is 7.20. The molecule has 1 aromatic rings. The van der Waals surface area contributed by atoms with Crippen LogP contribution in [0.15, 0.2) is 4.52 Å². The molecule has 3 aliphatic rings. The molecule has 0 saturated carbocycles. The third-order valence-electron chi connectivity index (χ3n) is 7.20. The molecule has 172 valence electrons. The fourth-order valence-corrected chi connectivity index (χ4v) is 5.90. The highest BCUT2D eigenvalue weighted by atomic mass is 16.5. The van der Waals surface area contributed by atoms with Gasteiger partial charge in [-0.2, -0.15) is 0 Å². The van der Waals surface area contributed by atoms with Gasteiger partial charge in [0.15, 0.2) is 0 Å². The van der Waals surface area contributed by atoms with Crippen molar-refractivity contribution in [3.8, 4) is 0 Å². The van der Waals surface area contributed by atoms with E-state index < -0.39 is 0 Å². The molecule has 1 N–H and O–H groups in total. The zero-order valence-corrected chi connectivity index (χ0v) is 18.9. The van der Waals surface area contributed by atoms with Crippen molar-refractivity contribution in [1.29, 1.82) is 0 Å². The summed E-state index contributed by atoms with van der Waals surface area (Å²) >= 11 is 0. The summed E-state index contributed by atoms with van der Waals surface area (Å²) in [6.45, 7) is 7.41. The Bertz CT molecular complexity index is 773. The molecule has 0 unspecified atom stereocenters. The van der Waals surface area contributed by atoms with E-state index in [-0.39, 0.29) is 12.4 Å². The minimum atomic E-state index is -0.250. The van der Waals surface area contributed by atoms with Gasteiger partial charge in [-0.15, -0.1) is 0 Å². The number of hydrogen-bond donors (Lipinski definition) is 1. The number of amides is 2. The molecule has 3 fully saturated rings. The minimum Gasteiger partial charge on any atom is -0.483 e. The number of carbonyl (C=O) groups is 3. The number of fused-ring (bicyclic) bond motifs is 4.